The van der Waals surface area contributed by atoms with Crippen molar-refractivity contribution in [2.24, 2.45) is 0 Å². The quantitative estimate of drug-likeness (QED) is 0.814. The third-order valence-electron chi connectivity index (χ3n) is 2.14. The van der Waals surface area contributed by atoms with E-state index in [4.69, 9.17) is 4.74 Å². The number of alkyl halides is 2. The van der Waals surface area contributed by atoms with Crippen molar-refractivity contribution in [2.45, 2.75) is 25.9 Å². The Labute approximate surface area is 88.3 Å². The largest absolute Gasteiger partial charge is 0.497 e. The van der Waals surface area contributed by atoms with Gasteiger partial charge in [-0.1, -0.05) is 12.1 Å². The van der Waals surface area contributed by atoms with Crippen LogP contribution >= 0.6 is 0 Å². The molecule has 0 aliphatic carbocycles. The Bertz CT molecular complexity index is 304. The molecule has 15 heavy (non-hydrogen) atoms. The monoisotopic (exact) mass is 215 g/mol. The number of hydrogen-bond acceptors (Lipinski definition) is 2. The summed E-state index contributed by atoms with van der Waals surface area (Å²) in [6.07, 6.45) is -2.34. The topological polar surface area (TPSA) is 21.3 Å². The van der Waals surface area contributed by atoms with E-state index in [0.29, 0.717) is 6.54 Å². The SMILES string of the molecule is COc1cccc(CNC(C)C(F)F)c1. The van der Waals surface area contributed by atoms with Crippen molar-refractivity contribution in [3.8, 4) is 5.75 Å². The molecular weight excluding hydrogens is 200 g/mol. The van der Waals surface area contributed by atoms with Gasteiger partial charge in [0.1, 0.15) is 5.75 Å². The highest BCUT2D eigenvalue weighted by atomic mass is 19.3. The van der Waals surface area contributed by atoms with Crippen LogP contribution in [0.25, 0.3) is 0 Å². The van der Waals surface area contributed by atoms with Crippen LogP contribution in [0.15, 0.2) is 24.3 Å². The molecule has 0 radical (unpaired) electrons. The van der Waals surface area contributed by atoms with Crippen LogP contribution in [-0.2, 0) is 6.54 Å². The lowest BCUT2D eigenvalue weighted by molar-refractivity contribution is 0.105. The summed E-state index contributed by atoms with van der Waals surface area (Å²) in [5.74, 6) is 0.735. The predicted octanol–water partition coefficient (Wildman–Crippen LogP) is 2.44. The average Bonchev–Trinajstić information content (AvgIpc) is 2.26. The maximum Gasteiger partial charge on any atom is 0.253 e. The average molecular weight is 215 g/mol. The summed E-state index contributed by atoms with van der Waals surface area (Å²) in [6.45, 7) is 1.88. The first-order valence-electron chi connectivity index (χ1n) is 4.78. The number of nitrogens with one attached hydrogen (secondary N) is 1. The molecule has 0 heterocycles. The third kappa shape index (κ3) is 3.83. The molecule has 1 unspecified atom stereocenters. The van der Waals surface area contributed by atoms with Gasteiger partial charge < -0.3 is 10.1 Å². The molecular formula is C11H15F2NO. The molecule has 0 saturated carbocycles. The number of benzene rings is 1. The van der Waals surface area contributed by atoms with Crippen LogP contribution in [0.3, 0.4) is 0 Å². The van der Waals surface area contributed by atoms with E-state index in [1.54, 1.807) is 7.11 Å². The van der Waals surface area contributed by atoms with Crippen molar-refractivity contribution >= 4 is 0 Å². The fourth-order valence-electron chi connectivity index (χ4n) is 1.15. The Morgan fingerprint density at radius 1 is 1.40 bits per heavy atom. The fourth-order valence-corrected chi connectivity index (χ4v) is 1.15. The molecule has 1 N–H and O–H groups in total. The van der Waals surface area contributed by atoms with Crippen LogP contribution in [0.5, 0.6) is 5.75 Å². The number of rotatable bonds is 5. The molecule has 84 valence electrons. The van der Waals surface area contributed by atoms with Gasteiger partial charge in [-0.25, -0.2) is 8.78 Å². The molecule has 4 heteroatoms. The molecule has 0 amide bonds. The Kier molecular flexibility index (Phi) is 4.49. The second kappa shape index (κ2) is 5.66. The predicted molar refractivity (Wildman–Crippen MR) is 55.3 cm³/mol. The lowest BCUT2D eigenvalue weighted by atomic mass is 10.2. The van der Waals surface area contributed by atoms with E-state index in [9.17, 15) is 8.78 Å². The van der Waals surface area contributed by atoms with E-state index >= 15 is 0 Å². The smallest absolute Gasteiger partial charge is 0.253 e. The lowest BCUT2D eigenvalue weighted by Gasteiger charge is -2.12. The standard InChI is InChI=1S/C11H15F2NO/c1-8(11(12)13)14-7-9-4-3-5-10(6-9)15-2/h3-6,8,11,14H,7H2,1-2H3. The molecule has 1 aromatic rings. The highest BCUT2D eigenvalue weighted by Crippen LogP contribution is 2.12. The van der Waals surface area contributed by atoms with Gasteiger partial charge in [-0.3, -0.25) is 0 Å². The molecule has 0 aliphatic heterocycles. The van der Waals surface area contributed by atoms with Crippen molar-refractivity contribution in [3.63, 3.8) is 0 Å². The van der Waals surface area contributed by atoms with Crippen LogP contribution in [0.1, 0.15) is 12.5 Å². The fraction of sp³-hybridized carbons (Fsp3) is 0.455. The van der Waals surface area contributed by atoms with E-state index in [1.165, 1.54) is 6.92 Å². The van der Waals surface area contributed by atoms with E-state index in [1.807, 2.05) is 24.3 Å². The zero-order valence-electron chi connectivity index (χ0n) is 8.84. The van der Waals surface area contributed by atoms with Gasteiger partial charge in [0.2, 0.25) is 0 Å². The Balaban J connectivity index is 2.50. The first-order chi connectivity index (χ1) is 7.13. The van der Waals surface area contributed by atoms with E-state index in [2.05, 4.69) is 5.32 Å². The first-order valence-corrected chi connectivity index (χ1v) is 4.78. The maximum atomic E-state index is 12.2. The van der Waals surface area contributed by atoms with Crippen molar-refractivity contribution in [1.29, 1.82) is 0 Å². The van der Waals surface area contributed by atoms with Gasteiger partial charge in [0.05, 0.1) is 13.2 Å². The molecule has 0 spiro atoms. The molecule has 2 nitrogen and oxygen atoms in total. The second-order valence-corrected chi connectivity index (χ2v) is 3.36. The van der Waals surface area contributed by atoms with Crippen LogP contribution in [0.2, 0.25) is 0 Å². The van der Waals surface area contributed by atoms with Crippen molar-refractivity contribution in [1.82, 2.24) is 5.32 Å². The number of halogens is 2. The Morgan fingerprint density at radius 2 is 2.13 bits per heavy atom. The summed E-state index contributed by atoms with van der Waals surface area (Å²) in [7, 11) is 1.58. The molecule has 0 saturated heterocycles. The highest BCUT2D eigenvalue weighted by Gasteiger charge is 2.13. The van der Waals surface area contributed by atoms with E-state index < -0.39 is 12.5 Å². The van der Waals surface area contributed by atoms with Gasteiger partial charge in [0.15, 0.2) is 0 Å². The molecule has 0 aliphatic rings. The van der Waals surface area contributed by atoms with Gasteiger partial charge in [0.25, 0.3) is 6.43 Å². The van der Waals surface area contributed by atoms with Crippen LogP contribution in [-0.4, -0.2) is 19.6 Å². The highest BCUT2D eigenvalue weighted by molar-refractivity contribution is 5.28. The minimum atomic E-state index is -2.34. The molecule has 0 fully saturated rings. The summed E-state index contributed by atoms with van der Waals surface area (Å²) in [5, 5.41) is 2.74. The van der Waals surface area contributed by atoms with Crippen LogP contribution in [0.4, 0.5) is 8.78 Å². The summed E-state index contributed by atoms with van der Waals surface area (Å²) in [6, 6.07) is 6.55. The Morgan fingerprint density at radius 3 is 2.73 bits per heavy atom. The number of methoxy groups -OCH3 is 1. The van der Waals surface area contributed by atoms with Gasteiger partial charge in [0, 0.05) is 6.54 Å². The zero-order valence-corrected chi connectivity index (χ0v) is 8.84. The minimum Gasteiger partial charge on any atom is -0.497 e. The first kappa shape index (κ1) is 11.9. The number of ether oxygens (including phenoxy) is 1. The summed E-state index contributed by atoms with van der Waals surface area (Å²) in [4.78, 5) is 0. The van der Waals surface area contributed by atoms with Gasteiger partial charge in [-0.15, -0.1) is 0 Å². The normalized spacial score (nSPS) is 12.9. The third-order valence-corrected chi connectivity index (χ3v) is 2.14. The number of hydrogen-bond donors (Lipinski definition) is 1. The van der Waals surface area contributed by atoms with Crippen molar-refractivity contribution < 1.29 is 13.5 Å². The second-order valence-electron chi connectivity index (χ2n) is 3.36. The molecule has 0 aromatic heterocycles. The summed E-state index contributed by atoms with van der Waals surface area (Å²) < 4.78 is 29.4. The van der Waals surface area contributed by atoms with E-state index in [-0.39, 0.29) is 0 Å². The van der Waals surface area contributed by atoms with Gasteiger partial charge in [-0.05, 0) is 24.6 Å². The molecule has 1 rings (SSSR count). The van der Waals surface area contributed by atoms with Crippen LogP contribution < -0.4 is 10.1 Å². The van der Waals surface area contributed by atoms with Crippen molar-refractivity contribution in [2.75, 3.05) is 7.11 Å². The maximum absolute atomic E-state index is 12.2. The summed E-state index contributed by atoms with van der Waals surface area (Å²) >= 11 is 0. The van der Waals surface area contributed by atoms with Crippen molar-refractivity contribution in [3.05, 3.63) is 29.8 Å². The molecule has 1 aromatic carbocycles. The van der Waals surface area contributed by atoms with Gasteiger partial charge >= 0.3 is 0 Å². The Hall–Kier alpha value is -1.16. The lowest BCUT2D eigenvalue weighted by Crippen LogP contribution is -2.31. The van der Waals surface area contributed by atoms with Gasteiger partial charge in [-0.2, -0.15) is 0 Å². The zero-order chi connectivity index (χ0) is 11.3. The molecule has 1 atom stereocenters. The van der Waals surface area contributed by atoms with E-state index in [0.717, 1.165) is 11.3 Å². The van der Waals surface area contributed by atoms with Crippen LogP contribution in [0, 0.1) is 0 Å². The minimum absolute atomic E-state index is 0.419. The summed E-state index contributed by atoms with van der Waals surface area (Å²) in [5.41, 5.74) is 0.932. The molecule has 0 bridgehead atoms.